The maximum Gasteiger partial charge on any atom is 0.240 e. The van der Waals surface area contributed by atoms with Gasteiger partial charge < -0.3 is 15.0 Å². The van der Waals surface area contributed by atoms with E-state index in [-0.39, 0.29) is 19.1 Å². The first-order valence-electron chi connectivity index (χ1n) is 9.09. The summed E-state index contributed by atoms with van der Waals surface area (Å²) in [4.78, 5) is 16.6. The number of aromatic nitrogens is 2. The quantitative estimate of drug-likeness (QED) is 0.767. The zero-order chi connectivity index (χ0) is 16.8. The first-order chi connectivity index (χ1) is 11.8. The standard InChI is InChI=1S/C19H27N3O2/c23-14-18-21-16-10-4-5-11-17(16)22(18)13-19(24)20-12-6-9-15-7-2-1-3-8-15/h4-5,10-11,15,23H,1-3,6-9,12-14H2,(H,20,24). The second kappa shape index (κ2) is 8.29. The molecular formula is C19H27N3O2. The van der Waals surface area contributed by atoms with E-state index in [2.05, 4.69) is 10.3 Å². The maximum atomic E-state index is 12.2. The number of aliphatic hydroxyl groups excluding tert-OH is 1. The Morgan fingerprint density at radius 3 is 2.83 bits per heavy atom. The molecule has 5 nitrogen and oxygen atoms in total. The van der Waals surface area contributed by atoms with Gasteiger partial charge in [0.05, 0.1) is 11.0 Å². The molecule has 1 amide bonds. The van der Waals surface area contributed by atoms with Gasteiger partial charge in [0.2, 0.25) is 5.91 Å². The van der Waals surface area contributed by atoms with Gasteiger partial charge in [-0.05, 0) is 30.9 Å². The van der Waals surface area contributed by atoms with Gasteiger partial charge in [0.15, 0.2) is 0 Å². The first-order valence-corrected chi connectivity index (χ1v) is 9.09. The molecular weight excluding hydrogens is 302 g/mol. The minimum absolute atomic E-state index is 0.0171. The molecule has 5 heteroatoms. The average molecular weight is 329 g/mol. The molecule has 2 aromatic rings. The van der Waals surface area contributed by atoms with E-state index >= 15 is 0 Å². The van der Waals surface area contributed by atoms with Crippen molar-refractivity contribution >= 4 is 16.9 Å². The molecule has 0 bridgehead atoms. The normalized spacial score (nSPS) is 15.7. The molecule has 1 aliphatic rings. The third-order valence-electron chi connectivity index (χ3n) is 5.01. The van der Waals surface area contributed by atoms with Gasteiger partial charge in [0.25, 0.3) is 0 Å². The Bertz CT molecular complexity index is 674. The summed E-state index contributed by atoms with van der Waals surface area (Å²) in [6.45, 7) is 0.778. The van der Waals surface area contributed by atoms with Crippen molar-refractivity contribution in [1.82, 2.24) is 14.9 Å². The molecule has 1 fully saturated rings. The number of hydrogen-bond acceptors (Lipinski definition) is 3. The summed E-state index contributed by atoms with van der Waals surface area (Å²) in [6, 6.07) is 7.65. The molecule has 130 valence electrons. The smallest absolute Gasteiger partial charge is 0.240 e. The lowest BCUT2D eigenvalue weighted by molar-refractivity contribution is -0.121. The molecule has 0 saturated heterocycles. The second-order valence-corrected chi connectivity index (χ2v) is 6.76. The van der Waals surface area contributed by atoms with E-state index in [1.54, 1.807) is 4.57 Å². The molecule has 1 aliphatic carbocycles. The van der Waals surface area contributed by atoms with Gasteiger partial charge in [-0.25, -0.2) is 4.98 Å². The van der Waals surface area contributed by atoms with E-state index < -0.39 is 0 Å². The topological polar surface area (TPSA) is 67.2 Å². The molecule has 0 aliphatic heterocycles. The van der Waals surface area contributed by atoms with Crippen molar-refractivity contribution in [3.8, 4) is 0 Å². The van der Waals surface area contributed by atoms with Crippen LogP contribution < -0.4 is 5.32 Å². The molecule has 0 spiro atoms. The number of imidazole rings is 1. The average Bonchev–Trinajstić information content (AvgIpc) is 2.97. The van der Waals surface area contributed by atoms with Crippen LogP contribution in [0, 0.1) is 5.92 Å². The summed E-state index contributed by atoms with van der Waals surface area (Å²) in [7, 11) is 0. The number of para-hydroxylation sites is 2. The minimum Gasteiger partial charge on any atom is -0.388 e. The van der Waals surface area contributed by atoms with Crippen molar-refractivity contribution in [2.24, 2.45) is 5.92 Å². The fourth-order valence-corrected chi connectivity index (χ4v) is 3.72. The van der Waals surface area contributed by atoms with Gasteiger partial charge in [0, 0.05) is 6.54 Å². The largest absolute Gasteiger partial charge is 0.388 e. The number of rotatable bonds is 7. The Labute approximate surface area is 143 Å². The molecule has 0 atom stereocenters. The van der Waals surface area contributed by atoms with Crippen molar-refractivity contribution < 1.29 is 9.90 Å². The molecule has 2 N–H and O–H groups in total. The lowest BCUT2D eigenvalue weighted by Gasteiger charge is -2.21. The van der Waals surface area contributed by atoms with Crippen LogP contribution in [-0.2, 0) is 17.9 Å². The third-order valence-corrected chi connectivity index (χ3v) is 5.01. The summed E-state index contributed by atoms with van der Waals surface area (Å²) in [5, 5.41) is 12.5. The molecule has 3 rings (SSSR count). The third kappa shape index (κ3) is 4.15. The van der Waals surface area contributed by atoms with Crippen LogP contribution in [0.3, 0.4) is 0 Å². The molecule has 0 radical (unpaired) electrons. The number of nitrogens with zero attached hydrogens (tertiary/aromatic N) is 2. The van der Waals surface area contributed by atoms with Crippen molar-refractivity contribution in [3.05, 3.63) is 30.1 Å². The van der Waals surface area contributed by atoms with Crippen molar-refractivity contribution in [2.75, 3.05) is 6.54 Å². The van der Waals surface area contributed by atoms with E-state index in [9.17, 15) is 9.90 Å². The van der Waals surface area contributed by atoms with Gasteiger partial charge >= 0.3 is 0 Å². The summed E-state index contributed by atoms with van der Waals surface area (Å²) in [5.41, 5.74) is 1.70. The van der Waals surface area contributed by atoms with Crippen LogP contribution in [0.15, 0.2) is 24.3 Å². The van der Waals surface area contributed by atoms with Gasteiger partial charge in [-0.2, -0.15) is 0 Å². The van der Waals surface area contributed by atoms with Crippen LogP contribution in [0.2, 0.25) is 0 Å². The second-order valence-electron chi connectivity index (χ2n) is 6.76. The Hall–Kier alpha value is -1.88. The minimum atomic E-state index is -0.163. The van der Waals surface area contributed by atoms with E-state index in [1.807, 2.05) is 24.3 Å². The van der Waals surface area contributed by atoms with E-state index in [0.717, 1.165) is 29.9 Å². The highest BCUT2D eigenvalue weighted by atomic mass is 16.3. The Kier molecular flexibility index (Phi) is 5.86. The summed E-state index contributed by atoms with van der Waals surface area (Å²) >= 11 is 0. The van der Waals surface area contributed by atoms with Crippen LogP contribution in [-0.4, -0.2) is 27.1 Å². The van der Waals surface area contributed by atoms with Crippen molar-refractivity contribution in [3.63, 3.8) is 0 Å². The van der Waals surface area contributed by atoms with Crippen molar-refractivity contribution in [2.45, 2.75) is 58.1 Å². The molecule has 24 heavy (non-hydrogen) atoms. The lowest BCUT2D eigenvalue weighted by Crippen LogP contribution is -2.29. The summed E-state index contributed by atoms with van der Waals surface area (Å²) < 4.78 is 1.80. The first kappa shape index (κ1) is 17.0. The molecule has 1 aromatic heterocycles. The zero-order valence-corrected chi connectivity index (χ0v) is 14.2. The van der Waals surface area contributed by atoms with E-state index in [0.29, 0.717) is 5.82 Å². The number of carbonyl (C=O) groups excluding carboxylic acids is 1. The van der Waals surface area contributed by atoms with E-state index in [1.165, 1.54) is 38.5 Å². The van der Waals surface area contributed by atoms with Gasteiger partial charge in [0.1, 0.15) is 19.0 Å². The van der Waals surface area contributed by atoms with Crippen LogP contribution >= 0.6 is 0 Å². The highest BCUT2D eigenvalue weighted by Crippen LogP contribution is 2.26. The fraction of sp³-hybridized carbons (Fsp3) is 0.579. The predicted molar refractivity (Wildman–Crippen MR) is 94.5 cm³/mol. The van der Waals surface area contributed by atoms with Gasteiger partial charge in [-0.15, -0.1) is 0 Å². The fourth-order valence-electron chi connectivity index (χ4n) is 3.72. The summed E-state index contributed by atoms with van der Waals surface area (Å²) in [6.07, 6.45) is 9.11. The van der Waals surface area contributed by atoms with Crippen LogP contribution in [0.5, 0.6) is 0 Å². The number of fused-ring (bicyclic) bond motifs is 1. The predicted octanol–water partition coefficient (Wildman–Crippen LogP) is 3.01. The van der Waals surface area contributed by atoms with E-state index in [4.69, 9.17) is 0 Å². The molecule has 0 unspecified atom stereocenters. The number of aliphatic hydroxyl groups is 1. The zero-order valence-electron chi connectivity index (χ0n) is 14.2. The Morgan fingerprint density at radius 2 is 2.04 bits per heavy atom. The maximum absolute atomic E-state index is 12.2. The molecule has 1 heterocycles. The summed E-state index contributed by atoms with van der Waals surface area (Å²) in [5.74, 6) is 1.37. The molecule has 1 aromatic carbocycles. The number of hydrogen-bond donors (Lipinski definition) is 2. The Morgan fingerprint density at radius 1 is 1.25 bits per heavy atom. The number of benzene rings is 1. The number of amides is 1. The monoisotopic (exact) mass is 329 g/mol. The lowest BCUT2D eigenvalue weighted by atomic mass is 9.86. The molecule has 1 saturated carbocycles. The van der Waals surface area contributed by atoms with Crippen molar-refractivity contribution in [1.29, 1.82) is 0 Å². The van der Waals surface area contributed by atoms with Crippen LogP contribution in [0.4, 0.5) is 0 Å². The highest BCUT2D eigenvalue weighted by molar-refractivity contribution is 5.81. The highest BCUT2D eigenvalue weighted by Gasteiger charge is 2.14. The van der Waals surface area contributed by atoms with Gasteiger partial charge in [-0.3, -0.25) is 4.79 Å². The van der Waals surface area contributed by atoms with Crippen LogP contribution in [0.1, 0.15) is 50.8 Å². The Balaban J connectivity index is 1.49. The van der Waals surface area contributed by atoms with Gasteiger partial charge in [-0.1, -0.05) is 44.2 Å². The SMILES string of the molecule is O=C(Cn1c(CO)nc2ccccc21)NCCCC1CCCCC1. The van der Waals surface area contributed by atoms with Crippen LogP contribution in [0.25, 0.3) is 11.0 Å². The number of nitrogens with one attached hydrogen (secondary N) is 1. The number of carbonyl (C=O) groups is 1.